The van der Waals surface area contributed by atoms with Crippen LogP contribution in [0.1, 0.15) is 22.3 Å². The lowest BCUT2D eigenvalue weighted by atomic mass is 10.0. The maximum atomic E-state index is 13.5. The van der Waals surface area contributed by atoms with Crippen molar-refractivity contribution >= 4 is 17.4 Å². The van der Waals surface area contributed by atoms with Gasteiger partial charge in [-0.05, 0) is 42.2 Å². The number of amides is 2. The van der Waals surface area contributed by atoms with Crippen molar-refractivity contribution < 1.29 is 14.3 Å². The Morgan fingerprint density at radius 2 is 1.48 bits per heavy atom. The van der Waals surface area contributed by atoms with E-state index in [1.807, 2.05) is 97.7 Å². The maximum absolute atomic E-state index is 13.5. The molecule has 1 aliphatic rings. The van der Waals surface area contributed by atoms with Crippen molar-refractivity contribution in [1.82, 2.24) is 9.80 Å². The molecule has 0 atom stereocenters. The molecule has 0 spiro atoms. The highest BCUT2D eigenvalue weighted by Gasteiger charge is 2.40. The number of likely N-dealkylation sites (N-methyl/N-ethyl adjacent to an activating group) is 1. The third-order valence-electron chi connectivity index (χ3n) is 5.91. The molecule has 5 heteroatoms. The average molecular weight is 441 g/mol. The van der Waals surface area contributed by atoms with Crippen molar-refractivity contribution in [3.8, 4) is 5.75 Å². The predicted molar refractivity (Wildman–Crippen MR) is 129 cm³/mol. The molecule has 5 nitrogen and oxygen atoms in total. The number of imide groups is 1. The van der Waals surface area contributed by atoms with E-state index in [1.54, 1.807) is 7.11 Å². The van der Waals surface area contributed by atoms with E-state index in [-0.39, 0.29) is 11.8 Å². The number of nitrogens with zero attached hydrogens (tertiary/aromatic N) is 2. The van der Waals surface area contributed by atoms with Crippen LogP contribution in [0.25, 0.3) is 5.57 Å². The smallest absolute Gasteiger partial charge is 0.277 e. The molecule has 0 N–H and O–H groups in total. The van der Waals surface area contributed by atoms with Gasteiger partial charge in [0.15, 0.2) is 0 Å². The third kappa shape index (κ3) is 4.82. The van der Waals surface area contributed by atoms with Gasteiger partial charge in [0, 0.05) is 20.1 Å². The Balaban J connectivity index is 1.62. The summed E-state index contributed by atoms with van der Waals surface area (Å²) >= 11 is 0. The Labute approximate surface area is 194 Å². The normalized spacial score (nSPS) is 13.6. The lowest BCUT2D eigenvalue weighted by molar-refractivity contribution is -0.137. The van der Waals surface area contributed by atoms with E-state index in [1.165, 1.54) is 4.90 Å². The molecule has 3 aromatic rings. The Morgan fingerprint density at radius 3 is 2.12 bits per heavy atom. The zero-order chi connectivity index (χ0) is 23.4. The van der Waals surface area contributed by atoms with Crippen LogP contribution >= 0.6 is 0 Å². The number of hydrogen-bond acceptors (Lipinski definition) is 4. The Kier molecular flexibility index (Phi) is 6.59. The summed E-state index contributed by atoms with van der Waals surface area (Å²) in [6.45, 7) is 2.86. The number of carbonyl (C=O) groups is 2. The molecule has 0 aromatic heterocycles. The zero-order valence-corrected chi connectivity index (χ0v) is 19.2. The van der Waals surface area contributed by atoms with Crippen LogP contribution in [-0.4, -0.2) is 42.3 Å². The first-order valence-electron chi connectivity index (χ1n) is 11.0. The second kappa shape index (κ2) is 9.74. The summed E-state index contributed by atoms with van der Waals surface area (Å²) < 4.78 is 5.21. The fraction of sp³-hybridized carbons (Fsp3) is 0.214. The molecule has 168 valence electrons. The first-order valence-corrected chi connectivity index (χ1v) is 11.0. The zero-order valence-electron chi connectivity index (χ0n) is 19.2. The van der Waals surface area contributed by atoms with Gasteiger partial charge < -0.3 is 9.64 Å². The summed E-state index contributed by atoms with van der Waals surface area (Å²) in [6, 6.07) is 25.4. The van der Waals surface area contributed by atoms with Crippen molar-refractivity contribution in [3.05, 3.63) is 107 Å². The summed E-state index contributed by atoms with van der Waals surface area (Å²) in [4.78, 5) is 30.3. The van der Waals surface area contributed by atoms with E-state index in [0.29, 0.717) is 30.8 Å². The summed E-state index contributed by atoms with van der Waals surface area (Å²) in [7, 11) is 3.50. The van der Waals surface area contributed by atoms with E-state index in [0.717, 1.165) is 28.0 Å². The highest BCUT2D eigenvalue weighted by molar-refractivity contribution is 6.35. The number of ether oxygens (including phenoxy) is 1. The molecule has 0 aliphatic carbocycles. The molecule has 0 unspecified atom stereocenters. The first kappa shape index (κ1) is 22.3. The van der Waals surface area contributed by atoms with Crippen LogP contribution in [0.3, 0.4) is 0 Å². The number of hydrogen-bond donors (Lipinski definition) is 0. The number of aryl methyl sites for hydroxylation is 1. The lowest BCUT2D eigenvalue weighted by Crippen LogP contribution is -2.35. The quantitative estimate of drug-likeness (QED) is 0.486. The second-order valence-electron chi connectivity index (χ2n) is 8.29. The molecule has 1 heterocycles. The molecule has 0 radical (unpaired) electrons. The van der Waals surface area contributed by atoms with E-state index in [2.05, 4.69) is 0 Å². The van der Waals surface area contributed by atoms with Crippen molar-refractivity contribution in [2.24, 2.45) is 0 Å². The van der Waals surface area contributed by atoms with Crippen LogP contribution in [0.2, 0.25) is 0 Å². The lowest BCUT2D eigenvalue weighted by Gasteiger charge is -2.21. The highest BCUT2D eigenvalue weighted by Crippen LogP contribution is 2.32. The van der Waals surface area contributed by atoms with Gasteiger partial charge >= 0.3 is 0 Å². The van der Waals surface area contributed by atoms with Gasteiger partial charge in [-0.3, -0.25) is 14.5 Å². The highest BCUT2D eigenvalue weighted by atomic mass is 16.5. The van der Waals surface area contributed by atoms with Gasteiger partial charge in [-0.25, -0.2) is 0 Å². The van der Waals surface area contributed by atoms with Crippen LogP contribution < -0.4 is 4.74 Å². The molecule has 1 aliphatic heterocycles. The molecule has 0 fully saturated rings. The van der Waals surface area contributed by atoms with Gasteiger partial charge in [0.05, 0.1) is 12.7 Å². The monoisotopic (exact) mass is 440 g/mol. The fourth-order valence-electron chi connectivity index (χ4n) is 4.07. The fourth-order valence-corrected chi connectivity index (χ4v) is 4.07. The van der Waals surface area contributed by atoms with Crippen molar-refractivity contribution in [2.45, 2.75) is 19.9 Å². The summed E-state index contributed by atoms with van der Waals surface area (Å²) in [5, 5.41) is 0. The molecule has 33 heavy (non-hydrogen) atoms. The minimum atomic E-state index is -0.248. The largest absolute Gasteiger partial charge is 0.497 e. The molecule has 0 bridgehead atoms. The topological polar surface area (TPSA) is 49.9 Å². The number of carbonyl (C=O) groups excluding carboxylic acids is 2. The average Bonchev–Trinajstić information content (AvgIpc) is 3.08. The minimum Gasteiger partial charge on any atom is -0.497 e. The summed E-state index contributed by atoms with van der Waals surface area (Å²) in [6.07, 6.45) is 0.582. The van der Waals surface area contributed by atoms with Gasteiger partial charge in [-0.15, -0.1) is 0 Å². The Morgan fingerprint density at radius 1 is 0.818 bits per heavy atom. The second-order valence-corrected chi connectivity index (χ2v) is 8.29. The first-order chi connectivity index (χ1) is 16.0. The Hall–Kier alpha value is -3.86. The minimum absolute atomic E-state index is 0.243. The van der Waals surface area contributed by atoms with Crippen LogP contribution in [0.5, 0.6) is 5.75 Å². The van der Waals surface area contributed by atoms with Crippen molar-refractivity contribution in [3.63, 3.8) is 0 Å². The van der Waals surface area contributed by atoms with Crippen LogP contribution in [0.4, 0.5) is 0 Å². The maximum Gasteiger partial charge on any atom is 0.277 e. The molecular formula is C28H28N2O3. The molecular weight excluding hydrogens is 412 g/mol. The van der Waals surface area contributed by atoms with E-state index < -0.39 is 0 Å². The van der Waals surface area contributed by atoms with Crippen LogP contribution in [0, 0.1) is 6.92 Å². The van der Waals surface area contributed by atoms with E-state index in [4.69, 9.17) is 4.74 Å². The molecule has 3 aromatic carbocycles. The van der Waals surface area contributed by atoms with E-state index >= 15 is 0 Å². The van der Waals surface area contributed by atoms with Gasteiger partial charge in [-0.2, -0.15) is 0 Å². The molecule has 4 rings (SSSR count). The number of rotatable bonds is 8. The van der Waals surface area contributed by atoms with Crippen molar-refractivity contribution in [1.29, 1.82) is 0 Å². The molecule has 2 amide bonds. The number of benzene rings is 3. The number of methoxy groups -OCH3 is 1. The van der Waals surface area contributed by atoms with Gasteiger partial charge in [0.25, 0.3) is 11.8 Å². The Bertz CT molecular complexity index is 1170. The predicted octanol–water partition coefficient (Wildman–Crippen LogP) is 4.46. The molecule has 0 saturated heterocycles. The van der Waals surface area contributed by atoms with Crippen LogP contribution in [-0.2, 0) is 22.6 Å². The van der Waals surface area contributed by atoms with Gasteiger partial charge in [0.1, 0.15) is 11.4 Å². The summed E-state index contributed by atoms with van der Waals surface area (Å²) in [5.41, 5.74) is 4.90. The van der Waals surface area contributed by atoms with Gasteiger partial charge in [0.2, 0.25) is 0 Å². The van der Waals surface area contributed by atoms with E-state index in [9.17, 15) is 9.59 Å². The standard InChI is InChI=1S/C28H28N2O3/c1-20-9-13-23(14-10-20)25-26(29(2)19-22-7-5-4-6-8-22)28(32)30(27(25)31)18-17-21-11-15-24(33-3)16-12-21/h4-16H,17-19H2,1-3H3. The van der Waals surface area contributed by atoms with Crippen molar-refractivity contribution in [2.75, 3.05) is 20.7 Å². The SMILES string of the molecule is COc1ccc(CCN2C(=O)C(c3ccc(C)cc3)=C(N(C)Cc3ccccc3)C2=O)cc1. The summed E-state index contributed by atoms with van der Waals surface area (Å²) in [5.74, 6) is 0.287. The van der Waals surface area contributed by atoms with Gasteiger partial charge in [-0.1, -0.05) is 72.3 Å². The third-order valence-corrected chi connectivity index (χ3v) is 5.91. The van der Waals surface area contributed by atoms with Crippen LogP contribution in [0.15, 0.2) is 84.6 Å². The molecule has 0 saturated carbocycles.